The first-order chi connectivity index (χ1) is 16.1. The second-order valence-electron chi connectivity index (χ2n) is 9.64. The van der Waals surface area contributed by atoms with Gasteiger partial charge in [-0.25, -0.2) is 4.79 Å². The summed E-state index contributed by atoms with van der Waals surface area (Å²) in [5, 5.41) is 3.48. The molecular weight excluding hydrogens is 549 g/mol. The molecule has 3 rings (SSSR count). The molecule has 2 aromatic carbocycles. The predicted octanol–water partition coefficient (Wildman–Crippen LogP) is 6.95. The number of piperidine rings is 1. The number of nitrogens with zero attached hydrogens (tertiary/aromatic N) is 1. The van der Waals surface area contributed by atoms with Gasteiger partial charge in [-0.05, 0) is 69.5 Å². The number of aryl methyl sites for hydroxylation is 1. The van der Waals surface area contributed by atoms with Gasteiger partial charge in [0, 0.05) is 40.1 Å². The van der Waals surface area contributed by atoms with Crippen LogP contribution in [0.15, 0.2) is 40.9 Å². The minimum atomic E-state index is -4.58. The monoisotopic (exact) mass is 574 g/mol. The highest BCUT2D eigenvalue weighted by Crippen LogP contribution is 2.33. The Bertz CT molecular complexity index is 1120. The molecule has 1 saturated heterocycles. The van der Waals surface area contributed by atoms with Gasteiger partial charge in [0.05, 0.1) is 5.56 Å². The van der Waals surface area contributed by atoms with E-state index in [1.807, 2.05) is 19.1 Å². The average molecular weight is 576 g/mol. The summed E-state index contributed by atoms with van der Waals surface area (Å²) in [6.45, 7) is 7.80. The van der Waals surface area contributed by atoms with E-state index in [2.05, 4.69) is 21.2 Å². The van der Waals surface area contributed by atoms with Crippen molar-refractivity contribution in [2.24, 2.45) is 0 Å². The lowest BCUT2D eigenvalue weighted by Crippen LogP contribution is -2.52. The standard InChI is InChI=1S/C25H27BrClF3N2O3/c1-14-9-15(5-6-20(14)27)19-13-32(23(34)35-24(2,3)4)8-7-21(19)31-22(33)16-10-17(25(28,29)30)12-18(26)11-16/h5-6,9-12,19,21H,7-8,13H2,1-4H3,(H,31,33). The van der Waals surface area contributed by atoms with E-state index >= 15 is 0 Å². The summed E-state index contributed by atoms with van der Waals surface area (Å²) in [5.74, 6) is -0.936. The van der Waals surface area contributed by atoms with Crippen LogP contribution < -0.4 is 5.32 Å². The number of ether oxygens (including phenoxy) is 1. The summed E-state index contributed by atoms with van der Waals surface area (Å²) in [7, 11) is 0. The van der Waals surface area contributed by atoms with Crippen LogP contribution in [0, 0.1) is 6.92 Å². The zero-order valence-electron chi connectivity index (χ0n) is 19.8. The maximum Gasteiger partial charge on any atom is 0.416 e. The summed E-state index contributed by atoms with van der Waals surface area (Å²) in [4.78, 5) is 27.3. The van der Waals surface area contributed by atoms with Crippen molar-refractivity contribution in [3.8, 4) is 0 Å². The highest BCUT2D eigenvalue weighted by atomic mass is 79.9. The van der Waals surface area contributed by atoms with Crippen molar-refractivity contribution in [1.29, 1.82) is 0 Å². The van der Waals surface area contributed by atoms with Crippen molar-refractivity contribution in [2.45, 2.75) is 57.9 Å². The molecule has 2 atom stereocenters. The van der Waals surface area contributed by atoms with Gasteiger partial charge in [0.25, 0.3) is 5.91 Å². The highest BCUT2D eigenvalue weighted by molar-refractivity contribution is 9.10. The minimum Gasteiger partial charge on any atom is -0.444 e. The smallest absolute Gasteiger partial charge is 0.416 e. The van der Waals surface area contributed by atoms with Gasteiger partial charge in [-0.1, -0.05) is 39.7 Å². The molecule has 5 nitrogen and oxygen atoms in total. The SMILES string of the molecule is Cc1cc(C2CN(C(=O)OC(C)(C)C)CCC2NC(=O)c2cc(Br)cc(C(F)(F)F)c2)ccc1Cl. The maximum absolute atomic E-state index is 13.2. The Hall–Kier alpha value is -2.26. The van der Waals surface area contributed by atoms with Crippen molar-refractivity contribution in [3.63, 3.8) is 0 Å². The second-order valence-corrected chi connectivity index (χ2v) is 11.0. The van der Waals surface area contributed by atoms with Crippen molar-refractivity contribution in [1.82, 2.24) is 10.2 Å². The van der Waals surface area contributed by atoms with E-state index < -0.39 is 35.4 Å². The molecule has 10 heteroatoms. The van der Waals surface area contributed by atoms with Crippen LogP contribution in [0.1, 0.15) is 60.2 Å². The van der Waals surface area contributed by atoms with Crippen molar-refractivity contribution < 1.29 is 27.5 Å². The quantitative estimate of drug-likeness (QED) is 0.431. The first-order valence-corrected chi connectivity index (χ1v) is 12.2. The number of alkyl halides is 3. The van der Waals surface area contributed by atoms with E-state index in [1.54, 1.807) is 31.7 Å². The lowest BCUT2D eigenvalue weighted by molar-refractivity contribution is -0.137. The molecule has 190 valence electrons. The van der Waals surface area contributed by atoms with Gasteiger partial charge in [-0.2, -0.15) is 13.2 Å². The van der Waals surface area contributed by atoms with Gasteiger partial charge in [-0.3, -0.25) is 4.79 Å². The zero-order valence-corrected chi connectivity index (χ0v) is 22.1. The molecule has 2 aromatic rings. The van der Waals surface area contributed by atoms with Crippen LogP contribution in [-0.2, 0) is 10.9 Å². The molecule has 1 N–H and O–H groups in total. The molecule has 0 aliphatic carbocycles. The number of rotatable bonds is 3. The molecule has 0 spiro atoms. The number of benzene rings is 2. The molecule has 2 amide bonds. The largest absolute Gasteiger partial charge is 0.444 e. The number of nitrogens with one attached hydrogen (secondary N) is 1. The van der Waals surface area contributed by atoms with E-state index in [-0.39, 0.29) is 22.5 Å². The Morgan fingerprint density at radius 3 is 2.43 bits per heavy atom. The van der Waals surface area contributed by atoms with Gasteiger partial charge < -0.3 is 15.0 Å². The lowest BCUT2D eigenvalue weighted by Gasteiger charge is -2.39. The number of carbonyl (C=O) groups is 2. The summed E-state index contributed by atoms with van der Waals surface area (Å²) < 4.78 is 45.4. The molecule has 2 unspecified atom stereocenters. The van der Waals surface area contributed by atoms with Crippen LogP contribution in [0.25, 0.3) is 0 Å². The molecule has 1 heterocycles. The minimum absolute atomic E-state index is 0.104. The normalized spacial score (nSPS) is 18.8. The highest BCUT2D eigenvalue weighted by Gasteiger charge is 2.36. The van der Waals surface area contributed by atoms with Gasteiger partial charge in [0.2, 0.25) is 0 Å². The van der Waals surface area contributed by atoms with Crippen molar-refractivity contribution >= 4 is 39.5 Å². The number of carbonyl (C=O) groups excluding carboxylic acids is 2. The number of amides is 2. The number of halogens is 5. The summed E-state index contributed by atoms with van der Waals surface area (Å²) in [6, 6.07) is 8.16. The molecule has 1 aliphatic heterocycles. The molecule has 1 aliphatic rings. The van der Waals surface area contributed by atoms with Crippen LogP contribution in [0.3, 0.4) is 0 Å². The fraction of sp³-hybridized carbons (Fsp3) is 0.440. The molecule has 0 saturated carbocycles. The molecule has 35 heavy (non-hydrogen) atoms. The molecule has 0 aromatic heterocycles. The summed E-state index contributed by atoms with van der Waals surface area (Å²) in [6.07, 6.45) is -4.64. The third-order valence-electron chi connectivity index (χ3n) is 5.68. The number of hydrogen-bond donors (Lipinski definition) is 1. The summed E-state index contributed by atoms with van der Waals surface area (Å²) in [5.41, 5.74) is 0.0147. The predicted molar refractivity (Wildman–Crippen MR) is 132 cm³/mol. The number of hydrogen-bond acceptors (Lipinski definition) is 3. The maximum atomic E-state index is 13.2. The van der Waals surface area contributed by atoms with Gasteiger partial charge >= 0.3 is 12.3 Å². The van der Waals surface area contributed by atoms with Crippen molar-refractivity contribution in [3.05, 3.63) is 68.1 Å². The van der Waals surface area contributed by atoms with Crippen LogP contribution in [0.2, 0.25) is 5.02 Å². The van der Waals surface area contributed by atoms with E-state index in [0.29, 0.717) is 18.0 Å². The van der Waals surface area contributed by atoms with E-state index in [9.17, 15) is 22.8 Å². The Balaban J connectivity index is 1.88. The van der Waals surface area contributed by atoms with Crippen molar-refractivity contribution in [2.75, 3.05) is 13.1 Å². The van der Waals surface area contributed by atoms with Crippen LogP contribution in [0.5, 0.6) is 0 Å². The topological polar surface area (TPSA) is 58.6 Å². The second kappa shape index (κ2) is 10.4. The Labute approximate surface area is 216 Å². The van der Waals surface area contributed by atoms with Crippen LogP contribution in [-0.4, -0.2) is 41.6 Å². The first kappa shape index (κ1) is 27.3. The molecule has 0 radical (unpaired) electrons. The van der Waals surface area contributed by atoms with Crippen LogP contribution in [0.4, 0.5) is 18.0 Å². The molecule has 1 fully saturated rings. The van der Waals surface area contributed by atoms with E-state index in [4.69, 9.17) is 16.3 Å². The van der Waals surface area contributed by atoms with Gasteiger partial charge in [0.15, 0.2) is 0 Å². The number of likely N-dealkylation sites (tertiary alicyclic amines) is 1. The molecular formula is C25H27BrClF3N2O3. The first-order valence-electron chi connectivity index (χ1n) is 11.1. The van der Waals surface area contributed by atoms with E-state index in [0.717, 1.165) is 23.3 Å². The Morgan fingerprint density at radius 1 is 1.14 bits per heavy atom. The fourth-order valence-electron chi connectivity index (χ4n) is 3.99. The Kier molecular flexibility index (Phi) is 8.11. The van der Waals surface area contributed by atoms with Gasteiger partial charge in [-0.15, -0.1) is 0 Å². The average Bonchev–Trinajstić information content (AvgIpc) is 2.73. The van der Waals surface area contributed by atoms with Crippen LogP contribution >= 0.6 is 27.5 Å². The zero-order chi connectivity index (χ0) is 26.1. The lowest BCUT2D eigenvalue weighted by atomic mass is 9.85. The van der Waals surface area contributed by atoms with Gasteiger partial charge in [0.1, 0.15) is 5.60 Å². The van der Waals surface area contributed by atoms with E-state index in [1.165, 1.54) is 6.07 Å². The summed E-state index contributed by atoms with van der Waals surface area (Å²) >= 11 is 9.25. The fourth-order valence-corrected chi connectivity index (χ4v) is 4.60. The Morgan fingerprint density at radius 2 is 1.83 bits per heavy atom. The third kappa shape index (κ3) is 7.13. The third-order valence-corrected chi connectivity index (χ3v) is 6.56. The molecule has 0 bridgehead atoms.